The van der Waals surface area contributed by atoms with Crippen LogP contribution in [0, 0.1) is 0 Å². The number of hydrogen-bond donors (Lipinski definition) is 2. The van der Waals surface area contributed by atoms with E-state index >= 15 is 0 Å². The first-order valence-electron chi connectivity index (χ1n) is 6.70. The quantitative estimate of drug-likeness (QED) is 0.345. The molecule has 19 heavy (non-hydrogen) atoms. The van der Waals surface area contributed by atoms with Crippen molar-refractivity contribution in [3.05, 3.63) is 0 Å². The molecule has 0 unspecified atom stereocenters. The monoisotopic (exact) mass is 286 g/mol. The fourth-order valence-corrected chi connectivity index (χ4v) is 3.66. The number of likely N-dealkylation sites (tertiary alicyclic amines) is 2. The molecule has 0 aromatic rings. The van der Waals surface area contributed by atoms with Gasteiger partial charge in [0, 0.05) is 26.2 Å². The molecule has 2 amide bonds. The van der Waals surface area contributed by atoms with Crippen molar-refractivity contribution in [1.82, 2.24) is 9.80 Å². The first-order valence-corrected chi connectivity index (χ1v) is 7.92. The molecule has 0 aromatic carbocycles. The molecule has 0 aliphatic carbocycles. The number of hydrogen-bond acceptors (Lipinski definition) is 4. The van der Waals surface area contributed by atoms with E-state index in [1.807, 2.05) is 16.1 Å². The van der Waals surface area contributed by atoms with Gasteiger partial charge in [0.1, 0.15) is 0 Å². The van der Waals surface area contributed by atoms with Crippen LogP contribution in [0.3, 0.4) is 0 Å². The number of nitrogens with two attached hydrogens (primary N) is 1. The smallest absolute Gasteiger partial charge is 0.319 e. The van der Waals surface area contributed by atoms with Crippen molar-refractivity contribution in [1.29, 1.82) is 0 Å². The van der Waals surface area contributed by atoms with Crippen molar-refractivity contribution >= 4 is 23.6 Å². The van der Waals surface area contributed by atoms with E-state index in [1.54, 1.807) is 11.8 Å². The molecule has 7 heteroatoms. The molecule has 0 aromatic heterocycles. The van der Waals surface area contributed by atoms with Crippen LogP contribution in [-0.4, -0.2) is 64.1 Å². The van der Waals surface area contributed by atoms with Crippen LogP contribution in [0.2, 0.25) is 0 Å². The summed E-state index contributed by atoms with van der Waals surface area (Å²) in [5.41, 5.74) is 5.80. The van der Waals surface area contributed by atoms with Gasteiger partial charge >= 0.3 is 6.03 Å². The predicted octanol–water partition coefficient (Wildman–Crippen LogP) is 1.15. The lowest BCUT2D eigenvalue weighted by Crippen LogP contribution is -2.53. The number of carbonyl (C=O) groups is 1. The van der Waals surface area contributed by atoms with E-state index in [1.165, 1.54) is 0 Å². The molecular formula is C12H22N4O2S. The molecule has 3 N–H and O–H groups in total. The maximum atomic E-state index is 12.3. The van der Waals surface area contributed by atoms with Crippen molar-refractivity contribution < 1.29 is 10.0 Å². The number of oxime groups is 1. The Labute approximate surface area is 118 Å². The highest BCUT2D eigenvalue weighted by atomic mass is 32.2. The second-order valence-corrected chi connectivity index (χ2v) is 6.34. The van der Waals surface area contributed by atoms with Gasteiger partial charge in [0.25, 0.3) is 0 Å². The Balaban J connectivity index is 1.96. The van der Waals surface area contributed by atoms with Crippen LogP contribution in [0.25, 0.3) is 0 Å². The number of urea groups is 1. The van der Waals surface area contributed by atoms with Gasteiger partial charge in [0.05, 0.1) is 4.75 Å². The first kappa shape index (κ1) is 14.3. The Morgan fingerprint density at radius 3 is 2.21 bits per heavy atom. The van der Waals surface area contributed by atoms with Crippen molar-refractivity contribution in [2.75, 3.05) is 32.4 Å². The third-order valence-electron chi connectivity index (χ3n) is 4.18. The zero-order valence-corrected chi connectivity index (χ0v) is 12.2. The molecule has 0 radical (unpaired) electrons. The summed E-state index contributed by atoms with van der Waals surface area (Å²) < 4.78 is -0.323. The van der Waals surface area contributed by atoms with Crippen LogP contribution in [0.5, 0.6) is 0 Å². The Bertz CT molecular complexity index is 361. The van der Waals surface area contributed by atoms with Crippen molar-refractivity contribution in [3.63, 3.8) is 0 Å². The molecule has 108 valence electrons. The van der Waals surface area contributed by atoms with E-state index in [9.17, 15) is 4.79 Å². The van der Waals surface area contributed by atoms with Crippen LogP contribution >= 0.6 is 11.8 Å². The lowest BCUT2D eigenvalue weighted by Gasteiger charge is -2.40. The maximum Gasteiger partial charge on any atom is 0.319 e. The number of piperidine rings is 1. The van der Waals surface area contributed by atoms with Gasteiger partial charge in [-0.2, -0.15) is 11.8 Å². The van der Waals surface area contributed by atoms with Gasteiger partial charge in [-0.3, -0.25) is 0 Å². The standard InChI is InChI=1S/C12H22N4O2S/c1-19-12(10(13)14-18)4-8-16(9-5-12)11(17)15-6-2-3-7-15/h18H,2-9H2,1H3,(H2,13,14). The number of thioether (sulfide) groups is 1. The SMILES string of the molecule is CSC1(C(N)=NO)CCN(C(=O)N2CCCC2)CC1. The van der Waals surface area contributed by atoms with Crippen molar-refractivity contribution in [3.8, 4) is 0 Å². The van der Waals surface area contributed by atoms with E-state index < -0.39 is 0 Å². The van der Waals surface area contributed by atoms with Gasteiger partial charge in [0.15, 0.2) is 5.84 Å². The van der Waals surface area contributed by atoms with Crippen LogP contribution in [-0.2, 0) is 0 Å². The maximum absolute atomic E-state index is 12.3. The Hall–Kier alpha value is -1.11. The molecule has 2 heterocycles. The van der Waals surface area contributed by atoms with Crippen molar-refractivity contribution in [2.45, 2.75) is 30.4 Å². The van der Waals surface area contributed by atoms with Gasteiger partial charge in [-0.1, -0.05) is 5.16 Å². The van der Waals surface area contributed by atoms with Crippen LogP contribution in [0.4, 0.5) is 4.79 Å². The van der Waals surface area contributed by atoms with E-state index in [0.29, 0.717) is 13.1 Å². The topological polar surface area (TPSA) is 82.2 Å². The molecule has 2 aliphatic rings. The largest absolute Gasteiger partial charge is 0.409 e. The minimum atomic E-state index is -0.323. The average Bonchev–Trinajstić information content (AvgIpc) is 3.00. The Morgan fingerprint density at radius 1 is 1.21 bits per heavy atom. The fraction of sp³-hybridized carbons (Fsp3) is 0.833. The summed E-state index contributed by atoms with van der Waals surface area (Å²) in [4.78, 5) is 16.1. The second kappa shape index (κ2) is 5.90. The van der Waals surface area contributed by atoms with E-state index in [0.717, 1.165) is 38.8 Å². The van der Waals surface area contributed by atoms with Crippen LogP contribution < -0.4 is 5.73 Å². The minimum Gasteiger partial charge on any atom is -0.409 e. The van der Waals surface area contributed by atoms with E-state index in [4.69, 9.17) is 10.9 Å². The molecule has 0 bridgehead atoms. The summed E-state index contributed by atoms with van der Waals surface area (Å²) in [5, 5.41) is 12.1. The molecule has 0 spiro atoms. The highest BCUT2D eigenvalue weighted by Crippen LogP contribution is 2.35. The number of nitrogens with zero attached hydrogens (tertiary/aromatic N) is 3. The number of amidine groups is 1. The lowest BCUT2D eigenvalue weighted by molar-refractivity contribution is 0.150. The van der Waals surface area contributed by atoms with Gasteiger partial charge in [-0.05, 0) is 31.9 Å². The molecule has 0 saturated carbocycles. The third-order valence-corrected chi connectivity index (χ3v) is 5.58. The third kappa shape index (κ3) is 2.75. The highest BCUT2D eigenvalue weighted by molar-refractivity contribution is 8.00. The molecule has 6 nitrogen and oxygen atoms in total. The fourth-order valence-electron chi connectivity index (χ4n) is 2.82. The molecule has 2 saturated heterocycles. The molecule has 0 atom stereocenters. The van der Waals surface area contributed by atoms with Crippen molar-refractivity contribution in [2.24, 2.45) is 10.9 Å². The Morgan fingerprint density at radius 2 is 1.74 bits per heavy atom. The summed E-state index contributed by atoms with van der Waals surface area (Å²) in [6.07, 6.45) is 5.67. The molecule has 2 aliphatic heterocycles. The summed E-state index contributed by atoms with van der Waals surface area (Å²) >= 11 is 1.60. The first-order chi connectivity index (χ1) is 9.13. The summed E-state index contributed by atoms with van der Waals surface area (Å²) in [6, 6.07) is 0.145. The summed E-state index contributed by atoms with van der Waals surface area (Å²) in [5.74, 6) is 0.272. The minimum absolute atomic E-state index is 0.145. The average molecular weight is 286 g/mol. The summed E-state index contributed by atoms with van der Waals surface area (Å²) in [7, 11) is 0. The molecule has 2 rings (SSSR count). The van der Waals surface area contributed by atoms with Crippen LogP contribution in [0.15, 0.2) is 5.16 Å². The summed E-state index contributed by atoms with van der Waals surface area (Å²) in [6.45, 7) is 3.10. The molecule has 2 fully saturated rings. The van der Waals surface area contributed by atoms with E-state index in [-0.39, 0.29) is 16.6 Å². The van der Waals surface area contributed by atoms with Gasteiger partial charge in [-0.25, -0.2) is 4.79 Å². The zero-order chi connectivity index (χ0) is 13.9. The van der Waals surface area contributed by atoms with Gasteiger partial charge < -0.3 is 20.7 Å². The van der Waals surface area contributed by atoms with Crippen LogP contribution in [0.1, 0.15) is 25.7 Å². The Kier molecular flexibility index (Phi) is 4.44. The zero-order valence-electron chi connectivity index (χ0n) is 11.3. The number of amides is 2. The van der Waals surface area contributed by atoms with E-state index in [2.05, 4.69) is 5.16 Å². The normalized spacial score (nSPS) is 23.7. The van der Waals surface area contributed by atoms with Gasteiger partial charge in [0.2, 0.25) is 0 Å². The predicted molar refractivity (Wildman–Crippen MR) is 76.7 cm³/mol. The highest BCUT2D eigenvalue weighted by Gasteiger charge is 2.40. The van der Waals surface area contributed by atoms with Gasteiger partial charge in [-0.15, -0.1) is 0 Å². The molecular weight excluding hydrogens is 264 g/mol. The lowest BCUT2D eigenvalue weighted by atomic mass is 9.94. The number of carbonyl (C=O) groups excluding carboxylic acids is 1. The number of rotatable bonds is 2. The second-order valence-electron chi connectivity index (χ2n) is 5.15.